The highest BCUT2D eigenvalue weighted by Crippen LogP contribution is 2.05. The first-order valence-corrected chi connectivity index (χ1v) is 5.60. The van der Waals surface area contributed by atoms with Crippen molar-refractivity contribution in [2.24, 2.45) is 0 Å². The van der Waals surface area contributed by atoms with Crippen molar-refractivity contribution in [3.05, 3.63) is 28.5 Å². The molecule has 0 aliphatic heterocycles. The summed E-state index contributed by atoms with van der Waals surface area (Å²) >= 11 is 3.29. The number of carbonyl (C=O) groups is 1. The lowest BCUT2D eigenvalue weighted by atomic mass is 10.3. The Morgan fingerprint density at radius 1 is 1.53 bits per heavy atom. The zero-order valence-corrected chi connectivity index (χ0v) is 10.2. The number of pyridine rings is 1. The minimum atomic E-state index is 0.00694. The van der Waals surface area contributed by atoms with E-state index in [0.717, 1.165) is 10.3 Å². The summed E-state index contributed by atoms with van der Waals surface area (Å²) in [7, 11) is 0. The number of aromatic nitrogens is 1. The number of carbonyl (C=O) groups excluding carboxylic acids is 1. The maximum absolute atomic E-state index is 11.1. The van der Waals surface area contributed by atoms with Crippen LogP contribution in [0.3, 0.4) is 0 Å². The van der Waals surface area contributed by atoms with Gasteiger partial charge in [-0.2, -0.15) is 0 Å². The summed E-state index contributed by atoms with van der Waals surface area (Å²) in [6.07, 6.45) is 0. The number of hydrogen-bond acceptors (Lipinski definition) is 3. The molecule has 82 valence electrons. The Kier molecular flexibility index (Phi) is 5.28. The second-order valence-electron chi connectivity index (χ2n) is 3.01. The molecule has 1 heterocycles. The normalized spacial score (nSPS) is 10.0. The summed E-state index contributed by atoms with van der Waals surface area (Å²) in [5.74, 6) is 0.00694. The molecule has 5 heteroatoms. The minimum Gasteiger partial charge on any atom is -0.355 e. The summed E-state index contributed by atoms with van der Waals surface area (Å²) in [6, 6.07) is 5.70. The van der Waals surface area contributed by atoms with Gasteiger partial charge in [-0.1, -0.05) is 6.07 Å². The Morgan fingerprint density at radius 2 is 2.33 bits per heavy atom. The molecule has 1 aromatic rings. The number of nitrogens with zero attached hydrogens (tertiary/aromatic N) is 1. The van der Waals surface area contributed by atoms with E-state index >= 15 is 0 Å². The first-order chi connectivity index (χ1) is 7.22. The molecule has 0 spiro atoms. The third-order valence-electron chi connectivity index (χ3n) is 1.74. The van der Waals surface area contributed by atoms with Crippen LogP contribution in [0.4, 0.5) is 0 Å². The van der Waals surface area contributed by atoms with E-state index in [1.807, 2.05) is 25.1 Å². The predicted octanol–water partition coefficient (Wildman–Crippen LogP) is 1.07. The fraction of sp³-hybridized carbons (Fsp3) is 0.400. The third kappa shape index (κ3) is 4.90. The van der Waals surface area contributed by atoms with Gasteiger partial charge in [0.2, 0.25) is 5.91 Å². The van der Waals surface area contributed by atoms with Gasteiger partial charge in [-0.15, -0.1) is 0 Å². The Labute approximate surface area is 97.6 Å². The number of likely N-dealkylation sites (N-methyl/N-ethyl adjacent to an activating group) is 1. The Morgan fingerprint density at radius 3 is 3.00 bits per heavy atom. The second kappa shape index (κ2) is 6.53. The average Bonchev–Trinajstić information content (AvgIpc) is 2.18. The first-order valence-electron chi connectivity index (χ1n) is 4.81. The van der Waals surface area contributed by atoms with Crippen molar-refractivity contribution in [2.45, 2.75) is 13.5 Å². The van der Waals surface area contributed by atoms with Crippen molar-refractivity contribution >= 4 is 21.8 Å². The molecule has 0 aromatic carbocycles. The third-order valence-corrected chi connectivity index (χ3v) is 2.18. The van der Waals surface area contributed by atoms with Crippen molar-refractivity contribution in [2.75, 3.05) is 13.1 Å². The van der Waals surface area contributed by atoms with Gasteiger partial charge in [0.25, 0.3) is 0 Å². The number of amides is 1. The van der Waals surface area contributed by atoms with E-state index in [9.17, 15) is 4.79 Å². The van der Waals surface area contributed by atoms with E-state index in [1.54, 1.807) is 0 Å². The van der Waals surface area contributed by atoms with Crippen LogP contribution in [0.5, 0.6) is 0 Å². The molecule has 0 saturated carbocycles. The molecule has 0 atom stereocenters. The highest BCUT2D eigenvalue weighted by Gasteiger charge is 1.99. The molecular formula is C10H14BrN3O. The molecule has 4 nitrogen and oxygen atoms in total. The molecule has 1 aromatic heterocycles. The molecule has 1 amide bonds. The zero-order chi connectivity index (χ0) is 11.1. The fourth-order valence-electron chi connectivity index (χ4n) is 1.11. The Hall–Kier alpha value is -0.940. The van der Waals surface area contributed by atoms with Gasteiger partial charge in [-0.05, 0) is 35.0 Å². The Balaban J connectivity index is 2.28. The number of rotatable bonds is 5. The van der Waals surface area contributed by atoms with Crippen LogP contribution < -0.4 is 10.6 Å². The van der Waals surface area contributed by atoms with Gasteiger partial charge in [0.1, 0.15) is 4.60 Å². The summed E-state index contributed by atoms with van der Waals surface area (Å²) in [6.45, 7) is 3.47. The summed E-state index contributed by atoms with van der Waals surface area (Å²) in [5.41, 5.74) is 0.911. The summed E-state index contributed by atoms with van der Waals surface area (Å²) < 4.78 is 0.805. The predicted molar refractivity (Wildman–Crippen MR) is 62.3 cm³/mol. The SMILES string of the molecule is CCNC(=O)CNCc1cccc(Br)n1. The van der Waals surface area contributed by atoms with Crippen molar-refractivity contribution in [1.29, 1.82) is 0 Å². The van der Waals surface area contributed by atoms with Gasteiger partial charge in [0.05, 0.1) is 12.2 Å². The molecule has 0 fully saturated rings. The molecule has 2 N–H and O–H groups in total. The highest BCUT2D eigenvalue weighted by atomic mass is 79.9. The molecule has 0 unspecified atom stereocenters. The number of halogens is 1. The summed E-state index contributed by atoms with van der Waals surface area (Å²) in [4.78, 5) is 15.3. The minimum absolute atomic E-state index is 0.00694. The Bertz CT molecular complexity index is 330. The lowest BCUT2D eigenvalue weighted by Crippen LogP contribution is -2.33. The van der Waals surface area contributed by atoms with Crippen LogP contribution in [0.2, 0.25) is 0 Å². The molecule has 1 rings (SSSR count). The molecule has 0 bridgehead atoms. The van der Waals surface area contributed by atoms with Crippen LogP contribution in [0.1, 0.15) is 12.6 Å². The monoisotopic (exact) mass is 271 g/mol. The van der Waals surface area contributed by atoms with E-state index < -0.39 is 0 Å². The van der Waals surface area contributed by atoms with E-state index in [-0.39, 0.29) is 5.91 Å². The molecule has 15 heavy (non-hydrogen) atoms. The van der Waals surface area contributed by atoms with Gasteiger partial charge in [-0.25, -0.2) is 4.98 Å². The van der Waals surface area contributed by atoms with E-state index in [4.69, 9.17) is 0 Å². The number of hydrogen-bond donors (Lipinski definition) is 2. The van der Waals surface area contributed by atoms with Crippen molar-refractivity contribution in [3.63, 3.8) is 0 Å². The van der Waals surface area contributed by atoms with Crippen LogP contribution in [0, 0.1) is 0 Å². The maximum atomic E-state index is 11.1. The number of nitrogens with one attached hydrogen (secondary N) is 2. The first kappa shape index (κ1) is 12.1. The van der Waals surface area contributed by atoms with Gasteiger partial charge in [0.15, 0.2) is 0 Å². The van der Waals surface area contributed by atoms with E-state index in [2.05, 4.69) is 31.5 Å². The van der Waals surface area contributed by atoms with Gasteiger partial charge in [0, 0.05) is 13.1 Å². The largest absolute Gasteiger partial charge is 0.355 e. The molecule has 0 aliphatic carbocycles. The fourth-order valence-corrected chi connectivity index (χ4v) is 1.49. The van der Waals surface area contributed by atoms with Gasteiger partial charge in [-0.3, -0.25) is 4.79 Å². The smallest absolute Gasteiger partial charge is 0.233 e. The van der Waals surface area contributed by atoms with Gasteiger partial charge < -0.3 is 10.6 Å². The lowest BCUT2D eigenvalue weighted by Gasteiger charge is -2.04. The summed E-state index contributed by atoms with van der Waals surface area (Å²) in [5, 5.41) is 5.73. The zero-order valence-electron chi connectivity index (χ0n) is 8.59. The van der Waals surface area contributed by atoms with Gasteiger partial charge >= 0.3 is 0 Å². The second-order valence-corrected chi connectivity index (χ2v) is 3.82. The van der Waals surface area contributed by atoms with Crippen LogP contribution >= 0.6 is 15.9 Å². The quantitative estimate of drug-likeness (QED) is 0.788. The van der Waals surface area contributed by atoms with Crippen molar-refractivity contribution in [1.82, 2.24) is 15.6 Å². The van der Waals surface area contributed by atoms with E-state index in [1.165, 1.54) is 0 Å². The van der Waals surface area contributed by atoms with Crippen molar-refractivity contribution < 1.29 is 4.79 Å². The molecular weight excluding hydrogens is 258 g/mol. The topological polar surface area (TPSA) is 54.0 Å². The highest BCUT2D eigenvalue weighted by molar-refractivity contribution is 9.10. The van der Waals surface area contributed by atoms with Crippen LogP contribution in [-0.2, 0) is 11.3 Å². The van der Waals surface area contributed by atoms with Crippen LogP contribution in [-0.4, -0.2) is 24.0 Å². The molecule has 0 aliphatic rings. The molecule has 0 saturated heterocycles. The van der Waals surface area contributed by atoms with Crippen molar-refractivity contribution in [3.8, 4) is 0 Å². The maximum Gasteiger partial charge on any atom is 0.233 e. The standard InChI is InChI=1S/C10H14BrN3O/c1-2-13-10(15)7-12-6-8-4-3-5-9(11)14-8/h3-5,12H,2,6-7H2,1H3,(H,13,15). The van der Waals surface area contributed by atoms with Crippen LogP contribution in [0.15, 0.2) is 22.8 Å². The van der Waals surface area contributed by atoms with E-state index in [0.29, 0.717) is 19.6 Å². The van der Waals surface area contributed by atoms with Crippen LogP contribution in [0.25, 0.3) is 0 Å². The molecule has 0 radical (unpaired) electrons. The lowest BCUT2D eigenvalue weighted by molar-refractivity contribution is -0.120. The average molecular weight is 272 g/mol.